The molecule has 0 amide bonds. The molecular formula is C15H26N2. The van der Waals surface area contributed by atoms with E-state index < -0.39 is 0 Å². The van der Waals surface area contributed by atoms with Gasteiger partial charge in [0.05, 0.1) is 0 Å². The zero-order valence-corrected chi connectivity index (χ0v) is 11.1. The van der Waals surface area contributed by atoms with Gasteiger partial charge in [-0.15, -0.1) is 0 Å². The van der Waals surface area contributed by atoms with Crippen LogP contribution in [0.15, 0.2) is 0 Å². The maximum absolute atomic E-state index is 3.77. The number of nitrogens with zero attached hydrogens (tertiary/aromatic N) is 1. The summed E-state index contributed by atoms with van der Waals surface area (Å²) in [6.07, 6.45) is 8.86. The van der Waals surface area contributed by atoms with Crippen molar-refractivity contribution in [3.63, 3.8) is 0 Å². The molecule has 0 aromatic carbocycles. The van der Waals surface area contributed by atoms with Gasteiger partial charge in [0, 0.05) is 18.1 Å². The van der Waals surface area contributed by atoms with Crippen LogP contribution in [0, 0.1) is 17.8 Å². The van der Waals surface area contributed by atoms with Gasteiger partial charge in [-0.2, -0.15) is 0 Å². The average molecular weight is 234 g/mol. The Morgan fingerprint density at radius 1 is 1.18 bits per heavy atom. The lowest BCUT2D eigenvalue weighted by Crippen LogP contribution is -2.36. The molecule has 0 aromatic rings. The Bertz CT molecular complexity index is 283. The Morgan fingerprint density at radius 3 is 2.76 bits per heavy atom. The van der Waals surface area contributed by atoms with Crippen molar-refractivity contribution in [2.45, 2.75) is 63.6 Å². The number of nitrogens with one attached hydrogen (secondary N) is 1. The molecule has 0 spiro atoms. The molecule has 4 aliphatic rings. The minimum atomic E-state index is 0.896. The van der Waals surface area contributed by atoms with Crippen molar-refractivity contribution < 1.29 is 0 Å². The summed E-state index contributed by atoms with van der Waals surface area (Å²) < 4.78 is 0. The number of rotatable bonds is 3. The maximum atomic E-state index is 3.77. The molecule has 3 heterocycles. The summed E-state index contributed by atoms with van der Waals surface area (Å²) in [4.78, 5) is 2.88. The van der Waals surface area contributed by atoms with Crippen LogP contribution >= 0.6 is 0 Å². The number of hydrogen-bond acceptors (Lipinski definition) is 2. The Hall–Kier alpha value is -0.0800. The summed E-state index contributed by atoms with van der Waals surface area (Å²) in [6.45, 7) is 5.03. The molecule has 3 aliphatic heterocycles. The first kappa shape index (κ1) is 10.8. The molecule has 4 fully saturated rings. The van der Waals surface area contributed by atoms with E-state index in [9.17, 15) is 0 Å². The second-order valence-corrected chi connectivity index (χ2v) is 6.87. The largest absolute Gasteiger partial charge is 0.313 e. The third kappa shape index (κ3) is 1.46. The first-order valence-corrected chi connectivity index (χ1v) is 7.87. The third-order valence-electron chi connectivity index (χ3n) is 6.20. The first-order valence-electron chi connectivity index (χ1n) is 7.87. The van der Waals surface area contributed by atoms with Crippen molar-refractivity contribution in [3.8, 4) is 0 Å². The highest BCUT2D eigenvalue weighted by molar-refractivity contribution is 5.09. The molecular weight excluding hydrogens is 208 g/mol. The molecule has 4 rings (SSSR count). The van der Waals surface area contributed by atoms with Gasteiger partial charge < -0.3 is 5.32 Å². The second-order valence-electron chi connectivity index (χ2n) is 6.87. The van der Waals surface area contributed by atoms with E-state index in [4.69, 9.17) is 0 Å². The van der Waals surface area contributed by atoms with Gasteiger partial charge in [0.2, 0.25) is 0 Å². The van der Waals surface area contributed by atoms with Gasteiger partial charge in [-0.25, -0.2) is 0 Å². The SMILES string of the molecule is CCCN1C2CCC1C(C1C3CCC1NC3)C2. The highest BCUT2D eigenvalue weighted by atomic mass is 15.2. The Morgan fingerprint density at radius 2 is 2.12 bits per heavy atom. The first-order chi connectivity index (χ1) is 8.38. The molecule has 6 unspecified atom stereocenters. The van der Waals surface area contributed by atoms with E-state index in [0.717, 1.165) is 35.9 Å². The molecule has 6 atom stereocenters. The Kier molecular flexibility index (Phi) is 2.52. The van der Waals surface area contributed by atoms with E-state index in [1.807, 2.05) is 0 Å². The summed E-state index contributed by atoms with van der Waals surface area (Å²) >= 11 is 0. The van der Waals surface area contributed by atoms with Crippen LogP contribution in [-0.2, 0) is 0 Å². The number of fused-ring (bicyclic) bond motifs is 4. The van der Waals surface area contributed by atoms with Crippen LogP contribution in [0.4, 0.5) is 0 Å². The molecule has 2 heteroatoms. The predicted octanol–water partition coefficient (Wildman–Crippen LogP) is 2.25. The summed E-state index contributed by atoms with van der Waals surface area (Å²) in [7, 11) is 0. The molecule has 1 aliphatic carbocycles. The van der Waals surface area contributed by atoms with Crippen molar-refractivity contribution in [2.75, 3.05) is 13.1 Å². The van der Waals surface area contributed by atoms with E-state index in [-0.39, 0.29) is 0 Å². The van der Waals surface area contributed by atoms with E-state index >= 15 is 0 Å². The van der Waals surface area contributed by atoms with E-state index in [1.54, 1.807) is 0 Å². The van der Waals surface area contributed by atoms with Gasteiger partial charge in [0.1, 0.15) is 0 Å². The number of piperidine rings is 1. The molecule has 1 N–H and O–H groups in total. The second kappa shape index (κ2) is 3.96. The van der Waals surface area contributed by atoms with Gasteiger partial charge >= 0.3 is 0 Å². The molecule has 96 valence electrons. The Balaban J connectivity index is 1.53. The minimum Gasteiger partial charge on any atom is -0.313 e. The van der Waals surface area contributed by atoms with Gasteiger partial charge in [-0.05, 0) is 69.4 Å². The van der Waals surface area contributed by atoms with Crippen molar-refractivity contribution in [2.24, 2.45) is 17.8 Å². The zero-order chi connectivity index (χ0) is 11.4. The van der Waals surface area contributed by atoms with Crippen LogP contribution in [-0.4, -0.2) is 36.1 Å². The van der Waals surface area contributed by atoms with E-state index in [0.29, 0.717) is 0 Å². The maximum Gasteiger partial charge on any atom is 0.0131 e. The topological polar surface area (TPSA) is 15.3 Å². The highest BCUT2D eigenvalue weighted by Crippen LogP contribution is 2.52. The van der Waals surface area contributed by atoms with Crippen LogP contribution < -0.4 is 5.32 Å². The molecule has 4 bridgehead atoms. The molecule has 0 radical (unpaired) electrons. The molecule has 1 saturated carbocycles. The predicted molar refractivity (Wildman–Crippen MR) is 69.9 cm³/mol. The average Bonchev–Trinajstić information content (AvgIpc) is 3.08. The Labute approximate surface area is 105 Å². The standard InChI is InChI=1S/C15H26N2/c1-2-7-17-11-4-6-14(17)12(8-11)15-10-3-5-13(15)16-9-10/h10-16H,2-9H2,1H3. The van der Waals surface area contributed by atoms with Crippen LogP contribution in [0.3, 0.4) is 0 Å². The van der Waals surface area contributed by atoms with Crippen molar-refractivity contribution in [3.05, 3.63) is 0 Å². The third-order valence-corrected chi connectivity index (χ3v) is 6.20. The fraction of sp³-hybridized carbons (Fsp3) is 1.00. The van der Waals surface area contributed by atoms with E-state index in [1.165, 1.54) is 51.6 Å². The summed E-state index contributed by atoms with van der Waals surface area (Å²) in [5.41, 5.74) is 0. The lowest BCUT2D eigenvalue weighted by molar-refractivity contribution is 0.191. The minimum absolute atomic E-state index is 0.896. The normalized spacial score (nSPS) is 52.8. The van der Waals surface area contributed by atoms with Gasteiger partial charge in [0.15, 0.2) is 0 Å². The zero-order valence-electron chi connectivity index (χ0n) is 11.1. The van der Waals surface area contributed by atoms with Crippen molar-refractivity contribution in [1.82, 2.24) is 10.2 Å². The van der Waals surface area contributed by atoms with Crippen LogP contribution in [0.2, 0.25) is 0 Å². The molecule has 3 saturated heterocycles. The fourth-order valence-electron chi connectivity index (χ4n) is 5.70. The molecule has 17 heavy (non-hydrogen) atoms. The van der Waals surface area contributed by atoms with Crippen molar-refractivity contribution in [1.29, 1.82) is 0 Å². The van der Waals surface area contributed by atoms with Crippen LogP contribution in [0.25, 0.3) is 0 Å². The molecule has 0 aromatic heterocycles. The van der Waals surface area contributed by atoms with Crippen molar-refractivity contribution >= 4 is 0 Å². The smallest absolute Gasteiger partial charge is 0.0131 e. The van der Waals surface area contributed by atoms with Gasteiger partial charge in [0.25, 0.3) is 0 Å². The van der Waals surface area contributed by atoms with E-state index in [2.05, 4.69) is 17.1 Å². The lowest BCUT2D eigenvalue weighted by Gasteiger charge is -2.30. The lowest BCUT2D eigenvalue weighted by atomic mass is 9.75. The van der Waals surface area contributed by atoms with Crippen LogP contribution in [0.1, 0.15) is 45.4 Å². The van der Waals surface area contributed by atoms with Crippen LogP contribution in [0.5, 0.6) is 0 Å². The fourth-order valence-corrected chi connectivity index (χ4v) is 5.70. The highest BCUT2D eigenvalue weighted by Gasteiger charge is 2.54. The number of hydrogen-bond donors (Lipinski definition) is 1. The summed E-state index contributed by atoms with van der Waals surface area (Å²) in [6, 6.07) is 2.82. The summed E-state index contributed by atoms with van der Waals surface area (Å²) in [5.74, 6) is 3.13. The monoisotopic (exact) mass is 234 g/mol. The molecule has 2 nitrogen and oxygen atoms in total. The quantitative estimate of drug-likeness (QED) is 0.806. The summed E-state index contributed by atoms with van der Waals surface area (Å²) in [5, 5.41) is 3.77. The van der Waals surface area contributed by atoms with Gasteiger partial charge in [-0.3, -0.25) is 4.90 Å². The van der Waals surface area contributed by atoms with Gasteiger partial charge in [-0.1, -0.05) is 6.92 Å².